The predicted molar refractivity (Wildman–Crippen MR) is 57.4 cm³/mol. The van der Waals surface area contributed by atoms with Gasteiger partial charge in [0.25, 0.3) is 5.91 Å². The van der Waals surface area contributed by atoms with Gasteiger partial charge in [-0.1, -0.05) is 12.1 Å². The minimum atomic E-state index is -0.0752. The van der Waals surface area contributed by atoms with Gasteiger partial charge < -0.3 is 5.32 Å². The Balaban J connectivity index is 2.29. The van der Waals surface area contributed by atoms with Crippen LogP contribution in [0.4, 0.5) is 0 Å². The number of nitrogens with one attached hydrogen (secondary N) is 2. The van der Waals surface area contributed by atoms with Crippen molar-refractivity contribution in [3.8, 4) is 11.1 Å². The number of hydrogen-bond acceptors (Lipinski definition) is 2. The number of H-pyrrole nitrogens is 1. The second-order valence-corrected chi connectivity index (χ2v) is 3.14. The van der Waals surface area contributed by atoms with Crippen LogP contribution in [0.5, 0.6) is 0 Å². The Bertz CT molecular complexity index is 445. The van der Waals surface area contributed by atoms with Crippen LogP contribution in [0.1, 0.15) is 10.4 Å². The predicted octanol–water partition coefficient (Wildman–Crippen LogP) is 1.44. The number of amides is 1. The molecule has 15 heavy (non-hydrogen) atoms. The summed E-state index contributed by atoms with van der Waals surface area (Å²) in [5.41, 5.74) is 2.71. The first-order valence-electron chi connectivity index (χ1n) is 4.62. The maximum Gasteiger partial charge on any atom is 0.251 e. The van der Waals surface area contributed by atoms with Crippen molar-refractivity contribution in [2.75, 3.05) is 7.05 Å². The Morgan fingerprint density at radius 2 is 2.00 bits per heavy atom. The van der Waals surface area contributed by atoms with E-state index in [1.165, 1.54) is 0 Å². The van der Waals surface area contributed by atoms with E-state index in [0.717, 1.165) is 11.1 Å². The first kappa shape index (κ1) is 9.45. The molecule has 1 heterocycles. The molecule has 4 nitrogen and oxygen atoms in total. The highest BCUT2D eigenvalue weighted by molar-refractivity contribution is 5.94. The number of aromatic amines is 1. The molecule has 4 heteroatoms. The fourth-order valence-electron chi connectivity index (χ4n) is 1.37. The summed E-state index contributed by atoms with van der Waals surface area (Å²) >= 11 is 0. The van der Waals surface area contributed by atoms with E-state index in [1.54, 1.807) is 25.4 Å². The van der Waals surface area contributed by atoms with Crippen molar-refractivity contribution in [2.24, 2.45) is 0 Å². The molecule has 2 N–H and O–H groups in total. The summed E-state index contributed by atoms with van der Waals surface area (Å²) in [6.45, 7) is 0. The molecule has 2 rings (SSSR count). The van der Waals surface area contributed by atoms with Gasteiger partial charge in [0.2, 0.25) is 0 Å². The summed E-state index contributed by atoms with van der Waals surface area (Å²) < 4.78 is 0. The number of aromatic nitrogens is 2. The van der Waals surface area contributed by atoms with Crippen LogP contribution in [-0.4, -0.2) is 23.2 Å². The second kappa shape index (κ2) is 3.96. The zero-order valence-electron chi connectivity index (χ0n) is 8.32. The lowest BCUT2D eigenvalue weighted by atomic mass is 10.1. The maximum absolute atomic E-state index is 11.3. The van der Waals surface area contributed by atoms with E-state index >= 15 is 0 Å². The fraction of sp³-hybridized carbons (Fsp3) is 0.0909. The molecular formula is C11H11N3O. The molecule has 0 atom stereocenters. The van der Waals surface area contributed by atoms with Crippen LogP contribution in [-0.2, 0) is 0 Å². The van der Waals surface area contributed by atoms with Gasteiger partial charge in [-0.05, 0) is 17.7 Å². The van der Waals surface area contributed by atoms with Crippen molar-refractivity contribution in [1.29, 1.82) is 0 Å². The Morgan fingerprint density at radius 3 is 2.53 bits per heavy atom. The van der Waals surface area contributed by atoms with Crippen LogP contribution in [0.3, 0.4) is 0 Å². The van der Waals surface area contributed by atoms with E-state index < -0.39 is 0 Å². The molecule has 76 valence electrons. The highest BCUT2D eigenvalue weighted by Crippen LogP contribution is 2.17. The van der Waals surface area contributed by atoms with E-state index in [4.69, 9.17) is 0 Å². The smallest absolute Gasteiger partial charge is 0.251 e. The van der Waals surface area contributed by atoms with Crippen LogP contribution < -0.4 is 5.32 Å². The van der Waals surface area contributed by atoms with Crippen LogP contribution in [0.2, 0.25) is 0 Å². The van der Waals surface area contributed by atoms with Gasteiger partial charge >= 0.3 is 0 Å². The van der Waals surface area contributed by atoms with Crippen LogP contribution in [0.15, 0.2) is 36.7 Å². The third-order valence-corrected chi connectivity index (χ3v) is 2.21. The monoisotopic (exact) mass is 201 g/mol. The molecule has 0 unspecified atom stereocenters. The number of carbonyl (C=O) groups is 1. The van der Waals surface area contributed by atoms with Crippen molar-refractivity contribution < 1.29 is 4.79 Å². The van der Waals surface area contributed by atoms with E-state index in [2.05, 4.69) is 15.5 Å². The minimum Gasteiger partial charge on any atom is -0.355 e. The molecule has 1 amide bonds. The van der Waals surface area contributed by atoms with Crippen LogP contribution >= 0.6 is 0 Å². The lowest BCUT2D eigenvalue weighted by molar-refractivity contribution is 0.0963. The summed E-state index contributed by atoms with van der Waals surface area (Å²) in [4.78, 5) is 11.3. The van der Waals surface area contributed by atoms with Crippen molar-refractivity contribution in [3.05, 3.63) is 42.2 Å². The largest absolute Gasteiger partial charge is 0.355 e. The average molecular weight is 201 g/mol. The van der Waals surface area contributed by atoms with Crippen molar-refractivity contribution in [2.45, 2.75) is 0 Å². The third-order valence-electron chi connectivity index (χ3n) is 2.21. The Labute approximate surface area is 87.3 Å². The highest BCUT2D eigenvalue weighted by atomic mass is 16.1. The molecule has 0 saturated heterocycles. The van der Waals surface area contributed by atoms with Crippen molar-refractivity contribution in [1.82, 2.24) is 15.5 Å². The Kier molecular flexibility index (Phi) is 2.49. The third kappa shape index (κ3) is 1.88. The zero-order chi connectivity index (χ0) is 10.7. The minimum absolute atomic E-state index is 0.0752. The van der Waals surface area contributed by atoms with Crippen molar-refractivity contribution >= 4 is 5.91 Å². The second-order valence-electron chi connectivity index (χ2n) is 3.14. The van der Waals surface area contributed by atoms with Gasteiger partial charge in [-0.15, -0.1) is 0 Å². The molecule has 0 saturated carbocycles. The van der Waals surface area contributed by atoms with E-state index in [0.29, 0.717) is 5.56 Å². The van der Waals surface area contributed by atoms with Crippen LogP contribution in [0, 0.1) is 0 Å². The number of hydrogen-bond donors (Lipinski definition) is 2. The number of nitrogens with zero attached hydrogens (tertiary/aromatic N) is 1. The summed E-state index contributed by atoms with van der Waals surface area (Å²) in [7, 11) is 1.62. The standard InChI is InChI=1S/C11H11N3O/c1-12-11(15)9-4-2-8(3-5-9)10-6-13-14-7-10/h2-7H,1H3,(H,12,15)(H,13,14). The van der Waals surface area contributed by atoms with Gasteiger partial charge in [-0.25, -0.2) is 0 Å². The zero-order valence-corrected chi connectivity index (χ0v) is 8.32. The van der Waals surface area contributed by atoms with Gasteiger partial charge in [0, 0.05) is 24.4 Å². The molecule has 0 aliphatic rings. The van der Waals surface area contributed by atoms with Gasteiger partial charge in [-0.2, -0.15) is 5.10 Å². The quantitative estimate of drug-likeness (QED) is 0.772. The normalized spacial score (nSPS) is 9.93. The molecule has 1 aromatic carbocycles. The molecular weight excluding hydrogens is 190 g/mol. The van der Waals surface area contributed by atoms with Gasteiger partial charge in [0.15, 0.2) is 0 Å². The molecule has 0 aliphatic heterocycles. The molecule has 0 aliphatic carbocycles. The van der Waals surface area contributed by atoms with Gasteiger partial charge in [0.1, 0.15) is 0 Å². The first-order chi connectivity index (χ1) is 7.31. The van der Waals surface area contributed by atoms with Gasteiger partial charge in [-0.3, -0.25) is 9.89 Å². The fourth-order valence-corrected chi connectivity index (χ4v) is 1.37. The Morgan fingerprint density at radius 1 is 1.27 bits per heavy atom. The molecule has 0 fully saturated rings. The number of carbonyl (C=O) groups excluding carboxylic acids is 1. The topological polar surface area (TPSA) is 57.8 Å². The molecule has 2 aromatic rings. The van der Waals surface area contributed by atoms with E-state index in [9.17, 15) is 4.79 Å². The average Bonchev–Trinajstić information content (AvgIpc) is 2.82. The van der Waals surface area contributed by atoms with Crippen molar-refractivity contribution in [3.63, 3.8) is 0 Å². The highest BCUT2D eigenvalue weighted by Gasteiger charge is 2.03. The summed E-state index contributed by atoms with van der Waals surface area (Å²) in [6.07, 6.45) is 3.56. The first-order valence-corrected chi connectivity index (χ1v) is 4.62. The summed E-state index contributed by atoms with van der Waals surface area (Å²) in [5.74, 6) is -0.0752. The molecule has 0 radical (unpaired) electrons. The van der Waals surface area contributed by atoms with Crippen LogP contribution in [0.25, 0.3) is 11.1 Å². The molecule has 1 aromatic heterocycles. The van der Waals surface area contributed by atoms with Gasteiger partial charge in [0.05, 0.1) is 6.20 Å². The molecule has 0 spiro atoms. The lowest BCUT2D eigenvalue weighted by Gasteiger charge is -2.00. The number of rotatable bonds is 2. The van der Waals surface area contributed by atoms with E-state index in [1.807, 2.05) is 18.3 Å². The number of benzene rings is 1. The van der Waals surface area contributed by atoms with E-state index in [-0.39, 0.29) is 5.91 Å². The summed E-state index contributed by atoms with van der Waals surface area (Å²) in [6, 6.07) is 7.38. The maximum atomic E-state index is 11.3. The molecule has 0 bridgehead atoms. The lowest BCUT2D eigenvalue weighted by Crippen LogP contribution is -2.17. The Hall–Kier alpha value is -2.10. The SMILES string of the molecule is CNC(=O)c1ccc(-c2cn[nH]c2)cc1. The summed E-state index contributed by atoms with van der Waals surface area (Å²) in [5, 5.41) is 9.19.